The van der Waals surface area contributed by atoms with E-state index in [9.17, 15) is 14.3 Å². The number of halogens is 1. The van der Waals surface area contributed by atoms with Crippen LogP contribution in [0.15, 0.2) is 24.3 Å². The van der Waals surface area contributed by atoms with E-state index in [0.717, 1.165) is 25.7 Å². The molecule has 0 bridgehead atoms. The van der Waals surface area contributed by atoms with Crippen LogP contribution >= 0.6 is 0 Å². The molecule has 0 amide bonds. The summed E-state index contributed by atoms with van der Waals surface area (Å²) in [6.07, 6.45) is 6.48. The monoisotopic (exact) mass is 265 g/mol. The maximum Gasteiger partial charge on any atom is 0.326 e. The van der Waals surface area contributed by atoms with Crippen molar-refractivity contribution >= 4 is 11.7 Å². The molecule has 1 aromatic rings. The van der Waals surface area contributed by atoms with Crippen LogP contribution in [-0.4, -0.2) is 17.1 Å². The first-order valence-corrected chi connectivity index (χ1v) is 6.92. The Kier molecular flexibility index (Phi) is 4.77. The van der Waals surface area contributed by atoms with Crippen LogP contribution in [0.5, 0.6) is 0 Å². The van der Waals surface area contributed by atoms with Crippen LogP contribution in [0.1, 0.15) is 38.5 Å². The van der Waals surface area contributed by atoms with Crippen molar-refractivity contribution < 1.29 is 14.3 Å². The van der Waals surface area contributed by atoms with Gasteiger partial charge in [-0.25, -0.2) is 9.18 Å². The van der Waals surface area contributed by atoms with E-state index in [1.165, 1.54) is 25.0 Å². The summed E-state index contributed by atoms with van der Waals surface area (Å²) in [6.45, 7) is 0. The Bertz CT molecular complexity index is 411. The second-order valence-electron chi connectivity index (χ2n) is 5.22. The Morgan fingerprint density at radius 1 is 1.16 bits per heavy atom. The van der Waals surface area contributed by atoms with Crippen molar-refractivity contribution in [2.45, 2.75) is 44.6 Å². The molecule has 1 unspecified atom stereocenters. The molecular formula is C15H20FNO2. The van der Waals surface area contributed by atoms with Crippen LogP contribution in [0.25, 0.3) is 0 Å². The summed E-state index contributed by atoms with van der Waals surface area (Å²) in [5.74, 6) is -0.979. The van der Waals surface area contributed by atoms with E-state index < -0.39 is 12.0 Å². The fraction of sp³-hybridized carbons (Fsp3) is 0.533. The number of carboxylic acid groups (broad SMARTS) is 1. The minimum atomic E-state index is -0.823. The highest BCUT2D eigenvalue weighted by molar-refractivity contribution is 5.77. The van der Waals surface area contributed by atoms with E-state index in [1.807, 2.05) is 0 Å². The smallest absolute Gasteiger partial charge is 0.326 e. The van der Waals surface area contributed by atoms with Gasteiger partial charge in [0, 0.05) is 5.69 Å². The lowest BCUT2D eigenvalue weighted by Gasteiger charge is -2.24. The largest absolute Gasteiger partial charge is 0.480 e. The summed E-state index contributed by atoms with van der Waals surface area (Å²) in [7, 11) is 0. The molecule has 0 radical (unpaired) electrons. The number of aliphatic carboxylic acids is 1. The molecule has 3 nitrogen and oxygen atoms in total. The summed E-state index contributed by atoms with van der Waals surface area (Å²) >= 11 is 0. The average molecular weight is 265 g/mol. The van der Waals surface area contributed by atoms with E-state index in [0.29, 0.717) is 5.69 Å². The molecule has 1 atom stereocenters. The highest BCUT2D eigenvalue weighted by Gasteiger charge is 2.28. The van der Waals surface area contributed by atoms with Gasteiger partial charge in [0.05, 0.1) is 0 Å². The number of anilines is 1. The van der Waals surface area contributed by atoms with E-state index in [2.05, 4.69) is 5.32 Å². The molecule has 19 heavy (non-hydrogen) atoms. The number of hydrogen-bond acceptors (Lipinski definition) is 2. The molecule has 1 aromatic carbocycles. The standard InChI is InChI=1S/C15H20FNO2/c16-12-7-9-13(10-8-12)17-14(15(18)19)11-5-3-1-2-4-6-11/h7-11,14,17H,1-6H2,(H,18,19). The first kappa shape index (κ1) is 13.8. The number of benzene rings is 1. The summed E-state index contributed by atoms with van der Waals surface area (Å²) < 4.78 is 12.8. The zero-order valence-electron chi connectivity index (χ0n) is 10.9. The van der Waals surface area contributed by atoms with Crippen LogP contribution < -0.4 is 5.32 Å². The van der Waals surface area contributed by atoms with Gasteiger partial charge in [-0.1, -0.05) is 25.7 Å². The summed E-state index contributed by atoms with van der Waals surface area (Å²) in [6, 6.07) is 5.27. The fourth-order valence-corrected chi connectivity index (χ4v) is 2.75. The SMILES string of the molecule is O=C(O)C(Nc1ccc(F)cc1)C1CCCCCC1. The van der Waals surface area contributed by atoms with Crippen LogP contribution in [0.4, 0.5) is 10.1 Å². The second-order valence-corrected chi connectivity index (χ2v) is 5.22. The van der Waals surface area contributed by atoms with Crippen LogP contribution in [-0.2, 0) is 4.79 Å². The summed E-state index contributed by atoms with van der Waals surface area (Å²) in [5.41, 5.74) is 0.665. The fourth-order valence-electron chi connectivity index (χ4n) is 2.75. The third-order valence-electron chi connectivity index (χ3n) is 3.80. The number of carboxylic acids is 1. The average Bonchev–Trinajstić information content (AvgIpc) is 2.66. The Morgan fingerprint density at radius 2 is 1.74 bits per heavy atom. The van der Waals surface area contributed by atoms with Gasteiger partial charge < -0.3 is 10.4 Å². The summed E-state index contributed by atoms with van der Waals surface area (Å²) in [4.78, 5) is 11.4. The van der Waals surface area contributed by atoms with Crippen molar-refractivity contribution in [1.82, 2.24) is 0 Å². The highest BCUT2D eigenvalue weighted by Crippen LogP contribution is 2.27. The highest BCUT2D eigenvalue weighted by atomic mass is 19.1. The predicted octanol–water partition coefficient (Wildman–Crippen LogP) is 3.66. The molecule has 104 valence electrons. The van der Waals surface area contributed by atoms with Crippen LogP contribution in [0.2, 0.25) is 0 Å². The Labute approximate surface area is 112 Å². The Balaban J connectivity index is 2.06. The first-order valence-electron chi connectivity index (χ1n) is 6.92. The van der Waals surface area contributed by atoms with Gasteiger partial charge in [-0.2, -0.15) is 0 Å². The molecule has 1 aliphatic carbocycles. The lowest BCUT2D eigenvalue weighted by molar-refractivity contribution is -0.139. The molecule has 1 fully saturated rings. The van der Waals surface area contributed by atoms with Crippen molar-refractivity contribution in [2.24, 2.45) is 5.92 Å². The van der Waals surface area contributed by atoms with Crippen molar-refractivity contribution in [2.75, 3.05) is 5.32 Å². The molecule has 0 aromatic heterocycles. The molecule has 1 aliphatic rings. The van der Waals surface area contributed by atoms with Crippen molar-refractivity contribution in [3.05, 3.63) is 30.1 Å². The van der Waals surface area contributed by atoms with Gasteiger partial charge in [0.15, 0.2) is 0 Å². The first-order chi connectivity index (χ1) is 9.16. The Hall–Kier alpha value is -1.58. The lowest BCUT2D eigenvalue weighted by Crippen LogP contribution is -2.36. The van der Waals surface area contributed by atoms with Gasteiger partial charge >= 0.3 is 5.97 Å². The van der Waals surface area contributed by atoms with Gasteiger partial charge in [-0.15, -0.1) is 0 Å². The molecule has 0 heterocycles. The van der Waals surface area contributed by atoms with Gasteiger partial charge in [0.2, 0.25) is 0 Å². The van der Waals surface area contributed by atoms with E-state index >= 15 is 0 Å². The molecule has 2 rings (SSSR count). The molecular weight excluding hydrogens is 245 g/mol. The lowest BCUT2D eigenvalue weighted by atomic mass is 9.91. The number of carbonyl (C=O) groups is 1. The predicted molar refractivity (Wildman–Crippen MR) is 72.6 cm³/mol. The van der Waals surface area contributed by atoms with Gasteiger partial charge in [0.25, 0.3) is 0 Å². The molecule has 1 saturated carbocycles. The minimum Gasteiger partial charge on any atom is -0.480 e. The minimum absolute atomic E-state index is 0.157. The number of nitrogens with one attached hydrogen (secondary N) is 1. The van der Waals surface area contributed by atoms with E-state index in [4.69, 9.17) is 0 Å². The third-order valence-corrected chi connectivity index (χ3v) is 3.80. The maximum absolute atomic E-state index is 12.8. The normalized spacial score (nSPS) is 18.6. The molecule has 0 saturated heterocycles. The quantitative estimate of drug-likeness (QED) is 0.817. The number of hydrogen-bond donors (Lipinski definition) is 2. The molecule has 0 spiro atoms. The zero-order chi connectivity index (χ0) is 13.7. The van der Waals surface area contributed by atoms with Crippen LogP contribution in [0, 0.1) is 11.7 Å². The van der Waals surface area contributed by atoms with E-state index in [-0.39, 0.29) is 11.7 Å². The summed E-state index contributed by atoms with van der Waals surface area (Å²) in [5, 5.41) is 12.4. The zero-order valence-corrected chi connectivity index (χ0v) is 10.9. The van der Waals surface area contributed by atoms with Gasteiger partial charge in [-0.05, 0) is 43.0 Å². The second kappa shape index (κ2) is 6.55. The molecule has 2 N–H and O–H groups in total. The van der Waals surface area contributed by atoms with Gasteiger partial charge in [-0.3, -0.25) is 0 Å². The van der Waals surface area contributed by atoms with Crippen molar-refractivity contribution in [3.8, 4) is 0 Å². The molecule has 4 heteroatoms. The third kappa shape index (κ3) is 3.94. The molecule has 0 aliphatic heterocycles. The van der Waals surface area contributed by atoms with Gasteiger partial charge in [0.1, 0.15) is 11.9 Å². The topological polar surface area (TPSA) is 49.3 Å². The van der Waals surface area contributed by atoms with Crippen LogP contribution in [0.3, 0.4) is 0 Å². The number of rotatable bonds is 4. The maximum atomic E-state index is 12.8. The van der Waals surface area contributed by atoms with E-state index in [1.54, 1.807) is 12.1 Å². The van der Waals surface area contributed by atoms with Crippen molar-refractivity contribution in [1.29, 1.82) is 0 Å². The van der Waals surface area contributed by atoms with Crippen molar-refractivity contribution in [3.63, 3.8) is 0 Å². The Morgan fingerprint density at radius 3 is 2.26 bits per heavy atom.